The van der Waals surface area contributed by atoms with Crippen molar-refractivity contribution in [3.8, 4) is 29.5 Å². The molecule has 0 saturated carbocycles. The zero-order valence-electron chi connectivity index (χ0n) is 32.4. The molecule has 0 atom stereocenters. The van der Waals surface area contributed by atoms with Gasteiger partial charge in [0.05, 0.1) is 77.1 Å². The molecule has 3 heterocycles. The lowest BCUT2D eigenvalue weighted by molar-refractivity contribution is -0.123. The van der Waals surface area contributed by atoms with Crippen LogP contribution in [0.1, 0.15) is 44.9 Å². The molecule has 4 aromatic rings. The first-order chi connectivity index (χ1) is 27.9. The molecule has 0 aliphatic heterocycles. The number of benzene rings is 1. The largest absolute Gasteiger partial charge is 0.508 e. The SMILES string of the molecule is C#CCCCC(=O)NCCOCCOCCOCCC(=O)NCCOCCOCCC(=O)NCCCCn1nc(-c2cc3cc(O)ccc3[nH]2)c2c(N)ncnc21. The van der Waals surface area contributed by atoms with Crippen LogP contribution in [0.2, 0.25) is 0 Å². The van der Waals surface area contributed by atoms with Gasteiger partial charge in [0.2, 0.25) is 17.7 Å². The topological polar surface area (TPSA) is 239 Å². The van der Waals surface area contributed by atoms with E-state index in [4.69, 9.17) is 40.9 Å². The second-order valence-corrected chi connectivity index (χ2v) is 12.9. The van der Waals surface area contributed by atoms with Gasteiger partial charge in [-0.05, 0) is 43.5 Å². The van der Waals surface area contributed by atoms with Crippen molar-refractivity contribution in [2.45, 2.75) is 51.5 Å². The molecule has 0 bridgehead atoms. The molecule has 4 rings (SSSR count). The normalized spacial score (nSPS) is 11.2. The molecular weight excluding hydrogens is 738 g/mol. The summed E-state index contributed by atoms with van der Waals surface area (Å²) in [7, 11) is 0. The standard InChI is InChI=1S/C39H55N9O9/c1-2-3-4-7-33(50)42-13-18-56-23-25-57-24-21-54-17-11-35(52)43-14-19-55-22-20-53-16-10-34(51)41-12-5-6-15-48-39-36(38(40)44-28-45-39)37(47-48)32-27-29-26-30(49)8-9-31(29)46-32/h1,8-9,26-28,46,49H,3-7,10-25H2,(H,41,51)(H,42,50)(H,43,52)(H2,40,44,45). The molecule has 0 aliphatic rings. The summed E-state index contributed by atoms with van der Waals surface area (Å²) in [6, 6.07) is 7.00. The van der Waals surface area contributed by atoms with Crippen molar-refractivity contribution in [3.05, 3.63) is 30.6 Å². The number of hydrogen-bond donors (Lipinski definition) is 6. The van der Waals surface area contributed by atoms with Gasteiger partial charge in [-0.2, -0.15) is 5.10 Å². The number of amides is 3. The number of unbranched alkanes of at least 4 members (excludes halogenated alkanes) is 2. The molecule has 7 N–H and O–H groups in total. The van der Waals surface area contributed by atoms with Crippen LogP contribution in [0.15, 0.2) is 30.6 Å². The van der Waals surface area contributed by atoms with Crippen LogP contribution < -0.4 is 21.7 Å². The molecule has 18 nitrogen and oxygen atoms in total. The van der Waals surface area contributed by atoms with Crippen molar-refractivity contribution >= 4 is 45.5 Å². The van der Waals surface area contributed by atoms with Crippen LogP contribution in [0, 0.1) is 12.3 Å². The number of nitrogen functional groups attached to an aromatic ring is 1. The highest BCUT2D eigenvalue weighted by Gasteiger charge is 2.18. The second kappa shape index (κ2) is 25.8. The van der Waals surface area contributed by atoms with E-state index in [9.17, 15) is 19.5 Å². The third-order valence-electron chi connectivity index (χ3n) is 8.46. The summed E-state index contributed by atoms with van der Waals surface area (Å²) in [4.78, 5) is 47.7. The first-order valence-corrected chi connectivity index (χ1v) is 19.3. The van der Waals surface area contributed by atoms with Crippen LogP contribution in [0.3, 0.4) is 0 Å². The number of ether oxygens (including phenoxy) is 5. The van der Waals surface area contributed by atoms with E-state index in [2.05, 4.69) is 36.8 Å². The van der Waals surface area contributed by atoms with Gasteiger partial charge in [0.1, 0.15) is 23.6 Å². The molecule has 0 aliphatic carbocycles. The Labute approximate surface area is 331 Å². The fourth-order valence-corrected chi connectivity index (χ4v) is 5.57. The van der Waals surface area contributed by atoms with Gasteiger partial charge in [-0.1, -0.05) is 0 Å². The first-order valence-electron chi connectivity index (χ1n) is 19.3. The average Bonchev–Trinajstić information content (AvgIpc) is 3.79. The van der Waals surface area contributed by atoms with Crippen LogP contribution >= 0.6 is 0 Å². The predicted molar refractivity (Wildman–Crippen MR) is 213 cm³/mol. The molecule has 310 valence electrons. The summed E-state index contributed by atoms with van der Waals surface area (Å²) in [6.07, 6.45) is 10.2. The molecular formula is C39H55N9O9. The number of nitrogens with two attached hydrogens (primary N) is 1. The number of nitrogens with one attached hydrogen (secondary N) is 4. The van der Waals surface area contributed by atoms with Crippen molar-refractivity contribution < 1.29 is 43.2 Å². The Hall–Kier alpha value is -5.32. The van der Waals surface area contributed by atoms with Gasteiger partial charge in [0.15, 0.2) is 5.65 Å². The van der Waals surface area contributed by atoms with Crippen LogP contribution in [0.4, 0.5) is 5.82 Å². The molecule has 1 aromatic carbocycles. The number of H-pyrrole nitrogens is 1. The van der Waals surface area contributed by atoms with E-state index in [0.717, 1.165) is 29.4 Å². The fourth-order valence-electron chi connectivity index (χ4n) is 5.57. The lowest BCUT2D eigenvalue weighted by atomic mass is 10.2. The maximum atomic E-state index is 12.3. The number of hydrogen-bond acceptors (Lipinski definition) is 13. The van der Waals surface area contributed by atoms with Gasteiger partial charge in [-0.15, -0.1) is 12.3 Å². The number of anilines is 1. The number of aromatic nitrogens is 5. The summed E-state index contributed by atoms with van der Waals surface area (Å²) in [5.74, 6) is 2.75. The predicted octanol–water partition coefficient (Wildman–Crippen LogP) is 2.06. The zero-order chi connectivity index (χ0) is 40.5. The smallest absolute Gasteiger partial charge is 0.222 e. The van der Waals surface area contributed by atoms with Gasteiger partial charge >= 0.3 is 0 Å². The number of carbonyl (C=O) groups is 3. The van der Waals surface area contributed by atoms with E-state index in [1.165, 1.54) is 6.33 Å². The van der Waals surface area contributed by atoms with E-state index in [1.54, 1.807) is 22.9 Å². The molecule has 0 radical (unpaired) electrons. The summed E-state index contributed by atoms with van der Waals surface area (Å²) >= 11 is 0. The van der Waals surface area contributed by atoms with Crippen molar-refractivity contribution in [1.29, 1.82) is 0 Å². The Balaban J connectivity index is 0.923. The number of aromatic amines is 1. The van der Waals surface area contributed by atoms with Crippen molar-refractivity contribution in [2.24, 2.45) is 0 Å². The molecule has 0 fully saturated rings. The van der Waals surface area contributed by atoms with Crippen LogP contribution in [0.5, 0.6) is 5.75 Å². The van der Waals surface area contributed by atoms with Crippen LogP contribution in [-0.4, -0.2) is 133 Å². The third-order valence-corrected chi connectivity index (χ3v) is 8.46. The maximum Gasteiger partial charge on any atom is 0.222 e. The number of aryl methyl sites for hydroxylation is 1. The maximum absolute atomic E-state index is 12.3. The molecule has 0 saturated heterocycles. The van der Waals surface area contributed by atoms with Gasteiger partial charge in [0, 0.05) is 62.8 Å². The minimum Gasteiger partial charge on any atom is -0.508 e. The lowest BCUT2D eigenvalue weighted by Gasteiger charge is -2.09. The van der Waals surface area contributed by atoms with Gasteiger partial charge in [0.25, 0.3) is 0 Å². The minimum atomic E-state index is -0.133. The lowest BCUT2D eigenvalue weighted by Crippen LogP contribution is -2.28. The summed E-state index contributed by atoms with van der Waals surface area (Å²) < 4.78 is 29.0. The summed E-state index contributed by atoms with van der Waals surface area (Å²) in [5.41, 5.74) is 9.09. The number of phenols is 1. The fraction of sp³-hybridized carbons (Fsp3) is 0.538. The Morgan fingerprint density at radius 3 is 2.00 bits per heavy atom. The number of rotatable bonds is 30. The Bertz CT molecular complexity index is 1870. The van der Waals surface area contributed by atoms with Crippen molar-refractivity contribution in [2.75, 3.05) is 91.4 Å². The van der Waals surface area contributed by atoms with E-state index in [1.807, 2.05) is 6.07 Å². The number of phenolic OH excluding ortho intramolecular Hbond substituents is 1. The molecule has 0 spiro atoms. The number of carbonyl (C=O) groups excluding carboxylic acids is 3. The molecule has 3 aromatic heterocycles. The number of terminal acetylenes is 1. The van der Waals surface area contributed by atoms with E-state index in [0.29, 0.717) is 121 Å². The third kappa shape index (κ3) is 16.4. The van der Waals surface area contributed by atoms with Crippen LogP contribution in [0.25, 0.3) is 33.3 Å². The highest BCUT2D eigenvalue weighted by atomic mass is 16.5. The second-order valence-electron chi connectivity index (χ2n) is 12.9. The number of fused-ring (bicyclic) bond motifs is 2. The Morgan fingerprint density at radius 1 is 0.754 bits per heavy atom. The van der Waals surface area contributed by atoms with E-state index in [-0.39, 0.29) is 49.5 Å². The quantitative estimate of drug-likeness (QED) is 0.0328. The molecule has 57 heavy (non-hydrogen) atoms. The highest BCUT2D eigenvalue weighted by Crippen LogP contribution is 2.32. The zero-order valence-corrected chi connectivity index (χ0v) is 32.4. The van der Waals surface area contributed by atoms with E-state index < -0.39 is 0 Å². The Morgan fingerprint density at radius 2 is 1.35 bits per heavy atom. The summed E-state index contributed by atoms with van der Waals surface area (Å²) in [6.45, 7) is 5.47. The Kier molecular flexibility index (Phi) is 20.1. The van der Waals surface area contributed by atoms with Crippen LogP contribution in [-0.2, 0) is 44.6 Å². The number of nitrogens with zero attached hydrogens (tertiary/aromatic N) is 4. The summed E-state index contributed by atoms with van der Waals surface area (Å²) in [5, 5.41) is 24.6. The molecule has 0 unspecified atom stereocenters. The highest BCUT2D eigenvalue weighted by molar-refractivity contribution is 6.00. The number of aromatic hydroxyl groups is 1. The van der Waals surface area contributed by atoms with E-state index >= 15 is 0 Å². The monoisotopic (exact) mass is 793 g/mol. The molecule has 18 heteroatoms. The van der Waals surface area contributed by atoms with Crippen molar-refractivity contribution in [3.63, 3.8) is 0 Å². The van der Waals surface area contributed by atoms with Crippen molar-refractivity contribution in [1.82, 2.24) is 40.7 Å². The van der Waals surface area contributed by atoms with Gasteiger partial charge in [-0.25, -0.2) is 14.6 Å². The first kappa shape index (κ1) is 44.4. The van der Waals surface area contributed by atoms with Gasteiger partial charge in [-0.3, -0.25) is 14.4 Å². The van der Waals surface area contributed by atoms with Gasteiger partial charge < -0.3 is 55.5 Å². The minimum absolute atomic E-state index is 0.0316. The molecule has 3 amide bonds. The average molecular weight is 794 g/mol.